The molecule has 1 aliphatic heterocycles. The molecule has 1 aromatic carbocycles. The number of hydrogen-bond donors (Lipinski definition) is 2. The molecule has 0 amide bonds. The zero-order valence-corrected chi connectivity index (χ0v) is 12.1. The van der Waals surface area contributed by atoms with Crippen LogP contribution in [0.15, 0.2) is 12.1 Å². The summed E-state index contributed by atoms with van der Waals surface area (Å²) >= 11 is 0. The van der Waals surface area contributed by atoms with Gasteiger partial charge in [-0.15, -0.1) is 0 Å². The molecule has 0 spiro atoms. The lowest BCUT2D eigenvalue weighted by atomic mass is 10.2. The average Bonchev–Trinajstić information content (AvgIpc) is 2.96. The van der Waals surface area contributed by atoms with Crippen molar-refractivity contribution >= 4 is 5.69 Å². The van der Waals surface area contributed by atoms with E-state index in [0.717, 1.165) is 19.4 Å². The lowest BCUT2D eigenvalue weighted by Crippen LogP contribution is -2.27. The van der Waals surface area contributed by atoms with Crippen LogP contribution in [0.1, 0.15) is 18.4 Å². The van der Waals surface area contributed by atoms with Gasteiger partial charge in [-0.2, -0.15) is 0 Å². The highest BCUT2D eigenvalue weighted by atomic mass is 19.1. The number of nitrogens with one attached hydrogen (secondary N) is 1. The molecule has 0 radical (unpaired) electrons. The van der Waals surface area contributed by atoms with Gasteiger partial charge < -0.3 is 19.9 Å². The Hall–Kier alpha value is -1.24. The number of rotatable bonds is 7. The fraction of sp³-hybridized carbons (Fsp3) is 0.600. The lowest BCUT2D eigenvalue weighted by molar-refractivity contribution is -0.0137. The van der Waals surface area contributed by atoms with Gasteiger partial charge in [0.1, 0.15) is 11.5 Å². The van der Waals surface area contributed by atoms with Crippen LogP contribution < -0.4 is 5.32 Å². The molecule has 4 nitrogen and oxygen atoms in total. The number of aryl methyl sites for hydroxylation is 1. The monoisotopic (exact) mass is 301 g/mol. The second-order valence-corrected chi connectivity index (χ2v) is 5.26. The molecule has 118 valence electrons. The molecule has 0 saturated carbocycles. The lowest BCUT2D eigenvalue weighted by Gasteiger charge is -2.16. The number of hydrogen-bond acceptors (Lipinski definition) is 4. The molecule has 21 heavy (non-hydrogen) atoms. The minimum Gasteiger partial charge on any atom is -0.389 e. The third-order valence-corrected chi connectivity index (χ3v) is 3.44. The largest absolute Gasteiger partial charge is 0.389 e. The first kappa shape index (κ1) is 16.1. The van der Waals surface area contributed by atoms with Crippen LogP contribution in [0, 0.1) is 18.6 Å². The van der Waals surface area contributed by atoms with Gasteiger partial charge in [-0.25, -0.2) is 8.78 Å². The predicted octanol–water partition coefficient (Wildman–Crippen LogP) is 2.24. The van der Waals surface area contributed by atoms with Gasteiger partial charge in [0.25, 0.3) is 0 Å². The van der Waals surface area contributed by atoms with Crippen molar-refractivity contribution in [3.8, 4) is 0 Å². The minimum absolute atomic E-state index is 0.0167. The third kappa shape index (κ3) is 4.62. The van der Waals surface area contributed by atoms with Gasteiger partial charge in [-0.3, -0.25) is 0 Å². The molecule has 0 aromatic heterocycles. The Bertz CT molecular complexity index is 464. The number of halogens is 2. The van der Waals surface area contributed by atoms with E-state index >= 15 is 0 Å². The van der Waals surface area contributed by atoms with Crippen LogP contribution in [0.2, 0.25) is 0 Å². The molecule has 1 aliphatic rings. The zero-order valence-electron chi connectivity index (χ0n) is 12.1. The van der Waals surface area contributed by atoms with Crippen LogP contribution in [-0.4, -0.2) is 43.7 Å². The summed E-state index contributed by atoms with van der Waals surface area (Å²) in [7, 11) is 0. The van der Waals surface area contributed by atoms with E-state index in [1.165, 1.54) is 12.1 Å². The van der Waals surface area contributed by atoms with Crippen LogP contribution >= 0.6 is 0 Å². The third-order valence-electron chi connectivity index (χ3n) is 3.44. The van der Waals surface area contributed by atoms with E-state index in [-0.39, 0.29) is 24.9 Å². The second kappa shape index (κ2) is 7.68. The Morgan fingerprint density at radius 2 is 2.29 bits per heavy atom. The van der Waals surface area contributed by atoms with Crippen molar-refractivity contribution in [3.63, 3.8) is 0 Å². The van der Waals surface area contributed by atoms with E-state index in [0.29, 0.717) is 12.2 Å². The van der Waals surface area contributed by atoms with E-state index < -0.39 is 17.7 Å². The maximum atomic E-state index is 13.7. The molecule has 2 N–H and O–H groups in total. The van der Waals surface area contributed by atoms with Gasteiger partial charge >= 0.3 is 0 Å². The van der Waals surface area contributed by atoms with Crippen molar-refractivity contribution in [2.24, 2.45) is 0 Å². The fourth-order valence-electron chi connectivity index (χ4n) is 2.21. The number of aliphatic hydroxyl groups excluding tert-OH is 1. The van der Waals surface area contributed by atoms with Crippen molar-refractivity contribution in [1.82, 2.24) is 0 Å². The van der Waals surface area contributed by atoms with Gasteiger partial charge in [-0.05, 0) is 31.4 Å². The number of anilines is 1. The molecule has 2 rings (SSSR count). The molecule has 1 fully saturated rings. The van der Waals surface area contributed by atoms with Gasteiger partial charge in [-0.1, -0.05) is 6.07 Å². The average molecular weight is 301 g/mol. The summed E-state index contributed by atoms with van der Waals surface area (Å²) in [6.07, 6.45) is 1.25. The maximum absolute atomic E-state index is 13.7. The van der Waals surface area contributed by atoms with Crippen molar-refractivity contribution < 1.29 is 23.4 Å². The molecule has 6 heteroatoms. The van der Waals surface area contributed by atoms with Crippen molar-refractivity contribution in [2.45, 2.75) is 32.0 Å². The SMILES string of the molecule is Cc1ccc(F)c(NCC(O)COCC2CCCO2)c1F. The summed E-state index contributed by atoms with van der Waals surface area (Å²) in [4.78, 5) is 0. The van der Waals surface area contributed by atoms with Gasteiger partial charge in [0.05, 0.1) is 25.4 Å². The first-order valence-electron chi connectivity index (χ1n) is 7.14. The van der Waals surface area contributed by atoms with Crippen LogP contribution in [-0.2, 0) is 9.47 Å². The minimum atomic E-state index is -0.842. The van der Waals surface area contributed by atoms with Crippen molar-refractivity contribution in [3.05, 3.63) is 29.3 Å². The summed E-state index contributed by atoms with van der Waals surface area (Å²) in [5.74, 6) is -1.31. The first-order valence-corrected chi connectivity index (χ1v) is 7.14. The van der Waals surface area contributed by atoms with E-state index in [2.05, 4.69) is 5.32 Å². The fourth-order valence-corrected chi connectivity index (χ4v) is 2.21. The quantitative estimate of drug-likeness (QED) is 0.811. The molecule has 1 saturated heterocycles. The molecule has 2 unspecified atom stereocenters. The Balaban J connectivity index is 1.73. The summed E-state index contributed by atoms with van der Waals surface area (Å²) in [5, 5.41) is 12.4. The van der Waals surface area contributed by atoms with Gasteiger partial charge in [0.2, 0.25) is 0 Å². The van der Waals surface area contributed by atoms with Crippen molar-refractivity contribution in [1.29, 1.82) is 0 Å². The van der Waals surface area contributed by atoms with Gasteiger partial charge in [0.15, 0.2) is 5.82 Å². The van der Waals surface area contributed by atoms with Crippen LogP contribution in [0.4, 0.5) is 14.5 Å². The summed E-state index contributed by atoms with van der Waals surface area (Å²) in [5.41, 5.74) is 0.135. The molecular formula is C15H21F2NO3. The predicted molar refractivity (Wildman–Crippen MR) is 75.4 cm³/mol. The normalized spacial score (nSPS) is 19.7. The summed E-state index contributed by atoms with van der Waals surface area (Å²) in [6.45, 7) is 2.86. The van der Waals surface area contributed by atoms with E-state index in [1.807, 2.05) is 0 Å². The smallest absolute Gasteiger partial charge is 0.152 e. The summed E-state index contributed by atoms with van der Waals surface area (Å²) < 4.78 is 38.0. The summed E-state index contributed by atoms with van der Waals surface area (Å²) in [6, 6.07) is 2.57. The number of aliphatic hydroxyl groups is 1. The molecule has 1 aromatic rings. The Morgan fingerprint density at radius 3 is 3.00 bits per heavy atom. The number of benzene rings is 1. The zero-order chi connectivity index (χ0) is 15.2. The van der Waals surface area contributed by atoms with Crippen LogP contribution in [0.25, 0.3) is 0 Å². The second-order valence-electron chi connectivity index (χ2n) is 5.26. The van der Waals surface area contributed by atoms with Crippen LogP contribution in [0.5, 0.6) is 0 Å². The molecule has 2 atom stereocenters. The topological polar surface area (TPSA) is 50.7 Å². The number of ether oxygens (including phenoxy) is 2. The highest BCUT2D eigenvalue weighted by Gasteiger charge is 2.17. The maximum Gasteiger partial charge on any atom is 0.152 e. The van der Waals surface area contributed by atoms with Crippen molar-refractivity contribution in [2.75, 3.05) is 31.7 Å². The molecule has 0 bridgehead atoms. The molecule has 1 heterocycles. The van der Waals surface area contributed by atoms with Crippen LogP contribution in [0.3, 0.4) is 0 Å². The van der Waals surface area contributed by atoms with E-state index in [1.54, 1.807) is 6.92 Å². The van der Waals surface area contributed by atoms with E-state index in [9.17, 15) is 13.9 Å². The highest BCUT2D eigenvalue weighted by molar-refractivity contribution is 5.48. The van der Waals surface area contributed by atoms with E-state index in [4.69, 9.17) is 9.47 Å². The Morgan fingerprint density at radius 1 is 1.48 bits per heavy atom. The standard InChI is InChI=1S/C15H21F2NO3/c1-10-4-5-13(16)15(14(10)17)18-7-11(19)8-20-9-12-3-2-6-21-12/h4-5,11-12,18-19H,2-3,6-9H2,1H3. The highest BCUT2D eigenvalue weighted by Crippen LogP contribution is 2.21. The molecule has 0 aliphatic carbocycles. The van der Waals surface area contributed by atoms with Gasteiger partial charge in [0, 0.05) is 13.2 Å². The Kier molecular flexibility index (Phi) is 5.90. The first-order chi connectivity index (χ1) is 10.1. The molecular weight excluding hydrogens is 280 g/mol. The Labute approximate surface area is 123 Å².